The summed E-state index contributed by atoms with van der Waals surface area (Å²) in [6.07, 6.45) is 0. The summed E-state index contributed by atoms with van der Waals surface area (Å²) in [6, 6.07) is 5.68. The molecule has 2 heterocycles. The predicted octanol–water partition coefficient (Wildman–Crippen LogP) is 1.41. The van der Waals surface area contributed by atoms with E-state index in [1.54, 1.807) is 32.6 Å². The van der Waals surface area contributed by atoms with Crippen molar-refractivity contribution in [3.8, 4) is 0 Å². The fourth-order valence-electron chi connectivity index (χ4n) is 2.32. The van der Waals surface area contributed by atoms with Crippen molar-refractivity contribution >= 4 is 11.8 Å². The van der Waals surface area contributed by atoms with Gasteiger partial charge in [-0.05, 0) is 46.8 Å². The van der Waals surface area contributed by atoms with Crippen molar-refractivity contribution in [1.29, 1.82) is 0 Å². The molecule has 5 nitrogen and oxygen atoms in total. The van der Waals surface area contributed by atoms with Crippen LogP contribution in [0.5, 0.6) is 0 Å². The third-order valence-electron chi connectivity index (χ3n) is 3.70. The van der Waals surface area contributed by atoms with Crippen molar-refractivity contribution in [2.24, 2.45) is 0 Å². The van der Waals surface area contributed by atoms with Gasteiger partial charge in [-0.3, -0.25) is 14.6 Å². The maximum Gasteiger partial charge on any atom is 0.248 e. The Morgan fingerprint density at radius 1 is 1.20 bits per heavy atom. The largest absolute Gasteiger partial charge is 0.340 e. The summed E-state index contributed by atoms with van der Waals surface area (Å²) in [5.74, 6) is -0.236. The zero-order valence-electron chi connectivity index (χ0n) is 12.7. The van der Waals surface area contributed by atoms with Gasteiger partial charge in [0.1, 0.15) is 11.1 Å². The van der Waals surface area contributed by atoms with Gasteiger partial charge in [0.25, 0.3) is 0 Å². The summed E-state index contributed by atoms with van der Waals surface area (Å²) in [6.45, 7) is 9.20. The van der Waals surface area contributed by atoms with Crippen LogP contribution in [0, 0.1) is 6.92 Å². The molecule has 5 heteroatoms. The minimum Gasteiger partial charge on any atom is -0.340 e. The molecule has 0 spiro atoms. The van der Waals surface area contributed by atoms with Crippen molar-refractivity contribution in [1.82, 2.24) is 15.2 Å². The third-order valence-corrected chi connectivity index (χ3v) is 3.70. The second kappa shape index (κ2) is 4.58. The van der Waals surface area contributed by atoms with E-state index in [-0.39, 0.29) is 11.8 Å². The van der Waals surface area contributed by atoms with E-state index in [2.05, 4.69) is 10.3 Å². The quantitative estimate of drug-likeness (QED) is 0.887. The lowest BCUT2D eigenvalue weighted by molar-refractivity contribution is -0.160. The summed E-state index contributed by atoms with van der Waals surface area (Å²) in [5.41, 5.74) is -0.0699. The number of nitrogens with zero attached hydrogens (tertiary/aromatic N) is 2. The Balaban J connectivity index is 2.36. The van der Waals surface area contributed by atoms with Gasteiger partial charge >= 0.3 is 0 Å². The van der Waals surface area contributed by atoms with Crippen LogP contribution < -0.4 is 5.32 Å². The molecule has 2 rings (SSSR count). The monoisotopic (exact) mass is 275 g/mol. The van der Waals surface area contributed by atoms with Crippen LogP contribution in [0.25, 0.3) is 0 Å². The smallest absolute Gasteiger partial charge is 0.248 e. The van der Waals surface area contributed by atoms with Crippen LogP contribution in [0.3, 0.4) is 0 Å². The molecule has 0 radical (unpaired) electrons. The zero-order chi connectivity index (χ0) is 15.1. The topological polar surface area (TPSA) is 62.3 Å². The van der Waals surface area contributed by atoms with Crippen molar-refractivity contribution in [3.63, 3.8) is 0 Å². The predicted molar refractivity (Wildman–Crippen MR) is 75.8 cm³/mol. The van der Waals surface area contributed by atoms with Gasteiger partial charge in [-0.15, -0.1) is 0 Å². The average Bonchev–Trinajstić information content (AvgIpc) is 2.33. The summed E-state index contributed by atoms with van der Waals surface area (Å²) in [7, 11) is 0. The Labute approximate surface area is 119 Å². The van der Waals surface area contributed by atoms with Crippen LogP contribution in [-0.4, -0.2) is 32.8 Å². The first kappa shape index (κ1) is 14.5. The summed E-state index contributed by atoms with van der Waals surface area (Å²) >= 11 is 0. The highest BCUT2D eigenvalue weighted by atomic mass is 16.2. The molecule has 0 unspecified atom stereocenters. The molecule has 1 saturated heterocycles. The summed E-state index contributed by atoms with van der Waals surface area (Å²) in [5, 5.41) is 2.77. The number of aryl methyl sites for hydroxylation is 1. The first-order chi connectivity index (χ1) is 9.14. The molecule has 108 valence electrons. The number of piperazine rings is 1. The molecular weight excluding hydrogens is 254 g/mol. The first-order valence-corrected chi connectivity index (χ1v) is 6.72. The van der Waals surface area contributed by atoms with Gasteiger partial charge in [-0.1, -0.05) is 6.07 Å². The van der Waals surface area contributed by atoms with Gasteiger partial charge in [0.05, 0.1) is 12.2 Å². The highest BCUT2D eigenvalue weighted by molar-refractivity contribution is 6.01. The normalized spacial score (nSPS) is 20.8. The van der Waals surface area contributed by atoms with Crippen LogP contribution in [0.4, 0.5) is 0 Å². The van der Waals surface area contributed by atoms with Crippen molar-refractivity contribution in [3.05, 3.63) is 29.6 Å². The second-order valence-corrected chi connectivity index (χ2v) is 6.30. The molecule has 0 saturated carbocycles. The number of pyridine rings is 1. The summed E-state index contributed by atoms with van der Waals surface area (Å²) in [4.78, 5) is 30.8. The van der Waals surface area contributed by atoms with Crippen LogP contribution in [-0.2, 0) is 16.1 Å². The fraction of sp³-hybridized carbons (Fsp3) is 0.533. The number of hydrogen-bond donors (Lipinski definition) is 1. The Morgan fingerprint density at radius 3 is 2.45 bits per heavy atom. The second-order valence-electron chi connectivity index (χ2n) is 6.30. The standard InChI is InChI=1S/C15H21N3O2/c1-10-7-6-8-11(16-10)9-18-13(20)14(2,3)17-12(19)15(18,4)5/h6-8H,9H2,1-5H3,(H,17,19). The number of hydrogen-bond acceptors (Lipinski definition) is 3. The summed E-state index contributed by atoms with van der Waals surface area (Å²) < 4.78 is 0. The van der Waals surface area contributed by atoms with E-state index >= 15 is 0 Å². The fourth-order valence-corrected chi connectivity index (χ4v) is 2.32. The number of nitrogens with one attached hydrogen (secondary N) is 1. The minimum atomic E-state index is -0.879. The highest BCUT2D eigenvalue weighted by Gasteiger charge is 2.50. The number of carbonyl (C=O) groups excluding carboxylic acids is 2. The van der Waals surface area contributed by atoms with E-state index in [0.717, 1.165) is 11.4 Å². The Bertz CT molecular complexity index is 564. The molecule has 1 fully saturated rings. The van der Waals surface area contributed by atoms with Crippen molar-refractivity contribution in [2.75, 3.05) is 0 Å². The molecule has 1 N–H and O–H groups in total. The van der Waals surface area contributed by atoms with Crippen LogP contribution in [0.2, 0.25) is 0 Å². The van der Waals surface area contributed by atoms with Crippen LogP contribution >= 0.6 is 0 Å². The maximum absolute atomic E-state index is 12.6. The van der Waals surface area contributed by atoms with E-state index in [1.165, 1.54) is 0 Å². The van der Waals surface area contributed by atoms with Crippen LogP contribution in [0.15, 0.2) is 18.2 Å². The number of carbonyl (C=O) groups is 2. The van der Waals surface area contributed by atoms with Gasteiger partial charge in [0, 0.05) is 5.69 Å². The zero-order valence-corrected chi connectivity index (χ0v) is 12.7. The minimum absolute atomic E-state index is 0.0922. The molecule has 2 amide bonds. The van der Waals surface area contributed by atoms with Gasteiger partial charge < -0.3 is 10.2 Å². The van der Waals surface area contributed by atoms with Crippen molar-refractivity contribution < 1.29 is 9.59 Å². The third kappa shape index (κ3) is 2.40. The number of aromatic nitrogens is 1. The molecule has 1 aromatic rings. The molecule has 1 aliphatic rings. The Morgan fingerprint density at radius 2 is 1.85 bits per heavy atom. The Hall–Kier alpha value is -1.91. The molecule has 1 aliphatic heterocycles. The van der Waals surface area contributed by atoms with E-state index < -0.39 is 11.1 Å². The van der Waals surface area contributed by atoms with E-state index in [9.17, 15) is 9.59 Å². The van der Waals surface area contributed by atoms with Gasteiger partial charge in [0.15, 0.2) is 0 Å². The molecule has 20 heavy (non-hydrogen) atoms. The first-order valence-electron chi connectivity index (χ1n) is 6.72. The van der Waals surface area contributed by atoms with Crippen molar-refractivity contribution in [2.45, 2.75) is 52.2 Å². The lowest BCUT2D eigenvalue weighted by Crippen LogP contribution is -2.71. The molecule has 1 aromatic heterocycles. The number of amides is 2. The highest BCUT2D eigenvalue weighted by Crippen LogP contribution is 2.27. The molecule has 0 atom stereocenters. The van der Waals surface area contributed by atoms with E-state index in [1.807, 2.05) is 25.1 Å². The van der Waals surface area contributed by atoms with E-state index in [4.69, 9.17) is 0 Å². The lowest BCUT2D eigenvalue weighted by atomic mass is 9.89. The maximum atomic E-state index is 12.6. The van der Waals surface area contributed by atoms with Gasteiger partial charge in [0.2, 0.25) is 11.8 Å². The molecule has 0 bridgehead atoms. The molecular formula is C15H21N3O2. The number of rotatable bonds is 2. The average molecular weight is 275 g/mol. The van der Waals surface area contributed by atoms with Gasteiger partial charge in [-0.25, -0.2) is 0 Å². The van der Waals surface area contributed by atoms with Gasteiger partial charge in [-0.2, -0.15) is 0 Å². The molecule has 0 aromatic carbocycles. The Kier molecular flexibility index (Phi) is 3.32. The lowest BCUT2D eigenvalue weighted by Gasteiger charge is -2.47. The van der Waals surface area contributed by atoms with E-state index in [0.29, 0.717) is 6.54 Å². The SMILES string of the molecule is Cc1cccc(CN2C(=O)C(C)(C)NC(=O)C2(C)C)n1. The van der Waals surface area contributed by atoms with Crippen LogP contribution in [0.1, 0.15) is 39.1 Å². The molecule has 0 aliphatic carbocycles.